The standard InChI is InChI=1S/C37H48N3O8PS2/c1-6-10-21-36(7-2)25-40(28-19-15-12-16-20-28)29-22-31(50-5)30(23-32(29)51(44,45)26-36)46-24-33(41)38-34(27-17-13-11-14-18-27)35(42)39-37(49-43,47-8-3)48-9-4/h11-20,22-23,34H,6-10,21,24-26H2,1-5H3,(H,38,41)(H,39,42)/p+1/t34-,36?/m1/s1. The van der Waals surface area contributed by atoms with Crippen molar-refractivity contribution in [3.8, 4) is 5.75 Å². The van der Waals surface area contributed by atoms with Crippen LogP contribution in [0.1, 0.15) is 65.0 Å². The van der Waals surface area contributed by atoms with Crippen LogP contribution in [0.15, 0.2) is 82.6 Å². The molecule has 0 radical (unpaired) electrons. The number of benzene rings is 3. The molecule has 3 atom stereocenters. The first-order valence-electron chi connectivity index (χ1n) is 17.2. The van der Waals surface area contributed by atoms with Crippen molar-refractivity contribution >= 4 is 53.2 Å². The Hall–Kier alpha value is -3.48. The number of rotatable bonds is 18. The third-order valence-electron chi connectivity index (χ3n) is 8.92. The van der Waals surface area contributed by atoms with Gasteiger partial charge in [-0.1, -0.05) is 79.8 Å². The van der Waals surface area contributed by atoms with Crippen LogP contribution in [0.2, 0.25) is 0 Å². The summed E-state index contributed by atoms with van der Waals surface area (Å²) < 4.78 is 57.7. The van der Waals surface area contributed by atoms with Gasteiger partial charge in [-0.15, -0.1) is 11.8 Å². The third-order valence-corrected chi connectivity index (χ3v) is 12.3. The third kappa shape index (κ3) is 9.90. The number of ether oxygens (including phenoxy) is 3. The second kappa shape index (κ2) is 18.3. The normalized spacial score (nSPS) is 17.6. The molecule has 4 rings (SSSR count). The Bertz CT molecular complexity index is 1740. The van der Waals surface area contributed by atoms with Crippen molar-refractivity contribution in [1.29, 1.82) is 0 Å². The Morgan fingerprint density at radius 1 is 1.00 bits per heavy atom. The van der Waals surface area contributed by atoms with E-state index in [0.29, 0.717) is 29.1 Å². The van der Waals surface area contributed by atoms with Crippen LogP contribution in [0, 0.1) is 5.41 Å². The Balaban J connectivity index is 1.66. The van der Waals surface area contributed by atoms with Crippen LogP contribution in [0.3, 0.4) is 0 Å². The fraction of sp³-hybridized carbons (Fsp3) is 0.459. The van der Waals surface area contributed by atoms with E-state index < -0.39 is 53.8 Å². The zero-order valence-electron chi connectivity index (χ0n) is 29.9. The second-order valence-corrected chi connectivity index (χ2v) is 16.1. The molecule has 0 spiro atoms. The van der Waals surface area contributed by atoms with Crippen molar-refractivity contribution in [3.05, 3.63) is 78.4 Å². The summed E-state index contributed by atoms with van der Waals surface area (Å²) in [5, 5.41) is 5.26. The smallest absolute Gasteiger partial charge is 0.461 e. The lowest BCUT2D eigenvalue weighted by molar-refractivity contribution is -0.193. The predicted octanol–water partition coefficient (Wildman–Crippen LogP) is 6.98. The first-order valence-corrected chi connectivity index (χ1v) is 21.0. The number of nitrogens with one attached hydrogen (secondary N) is 2. The minimum absolute atomic E-state index is 0.00580. The maximum absolute atomic E-state index is 14.3. The molecule has 14 heteroatoms. The molecule has 0 aromatic heterocycles. The van der Waals surface area contributed by atoms with Gasteiger partial charge in [-0.3, -0.25) is 24.4 Å². The fourth-order valence-electron chi connectivity index (χ4n) is 6.27. The van der Waals surface area contributed by atoms with Gasteiger partial charge in [0.05, 0.1) is 34.4 Å². The van der Waals surface area contributed by atoms with Crippen molar-refractivity contribution < 1.29 is 36.8 Å². The predicted molar refractivity (Wildman–Crippen MR) is 202 cm³/mol. The lowest BCUT2D eigenvalue weighted by Crippen LogP contribution is -2.52. The quantitative estimate of drug-likeness (QED) is 0.0794. The zero-order chi connectivity index (χ0) is 37.1. The van der Waals surface area contributed by atoms with Crippen molar-refractivity contribution in [1.82, 2.24) is 10.6 Å². The average Bonchev–Trinajstić information content (AvgIpc) is 3.23. The number of carbonyl (C=O) groups excluding carboxylic acids is 2. The van der Waals surface area contributed by atoms with Gasteiger partial charge < -0.3 is 15.0 Å². The van der Waals surface area contributed by atoms with E-state index in [9.17, 15) is 22.6 Å². The van der Waals surface area contributed by atoms with E-state index in [4.69, 9.17) is 14.2 Å². The maximum atomic E-state index is 14.3. The Morgan fingerprint density at radius 2 is 1.65 bits per heavy atom. The molecular formula is C37H49N3O8PS2+. The number of para-hydroxylation sites is 1. The summed E-state index contributed by atoms with van der Waals surface area (Å²) in [6.07, 6.45) is 5.21. The van der Waals surface area contributed by atoms with Crippen LogP contribution in [-0.4, -0.2) is 64.3 Å². The van der Waals surface area contributed by atoms with Gasteiger partial charge in [-0.25, -0.2) is 8.42 Å². The van der Waals surface area contributed by atoms with Crippen molar-refractivity contribution in [2.45, 2.75) is 74.9 Å². The molecule has 1 aliphatic rings. The highest BCUT2D eigenvalue weighted by molar-refractivity contribution is 7.98. The summed E-state index contributed by atoms with van der Waals surface area (Å²) in [6, 6.07) is 20.5. The van der Waals surface area contributed by atoms with Gasteiger partial charge in [-0.2, -0.15) is 0 Å². The Kier molecular flexibility index (Phi) is 14.5. The van der Waals surface area contributed by atoms with E-state index in [-0.39, 0.29) is 29.6 Å². The Morgan fingerprint density at radius 3 is 2.22 bits per heavy atom. The molecule has 3 aromatic carbocycles. The number of hydrogen-bond acceptors (Lipinski definition) is 10. The van der Waals surface area contributed by atoms with E-state index >= 15 is 0 Å². The van der Waals surface area contributed by atoms with Gasteiger partial charge in [0, 0.05) is 23.7 Å². The summed E-state index contributed by atoms with van der Waals surface area (Å²) in [7, 11) is -4.97. The molecule has 2 amide bonds. The number of thioether (sulfide) groups is 1. The number of unbranched alkanes of at least 4 members (excludes halogenated alkanes) is 1. The van der Waals surface area contributed by atoms with Gasteiger partial charge in [0.15, 0.2) is 16.4 Å². The van der Waals surface area contributed by atoms with Crippen molar-refractivity contribution in [2.75, 3.05) is 43.3 Å². The van der Waals surface area contributed by atoms with Gasteiger partial charge in [0.1, 0.15) is 11.8 Å². The van der Waals surface area contributed by atoms with Crippen LogP contribution < -0.4 is 20.3 Å². The van der Waals surface area contributed by atoms with E-state index in [1.165, 1.54) is 17.8 Å². The minimum atomic E-state index is -3.78. The summed E-state index contributed by atoms with van der Waals surface area (Å²) in [5.74, 6) is -1.11. The number of amides is 2. The topological polar surface area (TPSA) is 140 Å². The van der Waals surface area contributed by atoms with Crippen LogP contribution >= 0.6 is 20.2 Å². The number of nitrogens with zero attached hydrogens (tertiary/aromatic N) is 1. The number of sulfone groups is 1. The summed E-state index contributed by atoms with van der Waals surface area (Å²) in [6.45, 7) is 7.78. The highest BCUT2D eigenvalue weighted by Crippen LogP contribution is 2.47. The number of hydrogen-bond donors (Lipinski definition) is 2. The van der Waals surface area contributed by atoms with Crippen molar-refractivity contribution in [3.63, 3.8) is 0 Å². The van der Waals surface area contributed by atoms with Gasteiger partial charge in [0.2, 0.25) is 0 Å². The monoisotopic (exact) mass is 758 g/mol. The molecule has 2 unspecified atom stereocenters. The molecule has 1 aliphatic heterocycles. The largest absolute Gasteiger partial charge is 0.483 e. The van der Waals surface area contributed by atoms with Gasteiger partial charge in [0.25, 0.3) is 11.8 Å². The molecule has 51 heavy (non-hydrogen) atoms. The molecular weight excluding hydrogens is 710 g/mol. The molecule has 3 aromatic rings. The highest BCUT2D eigenvalue weighted by Gasteiger charge is 2.45. The lowest BCUT2D eigenvalue weighted by Gasteiger charge is -2.36. The second-order valence-electron chi connectivity index (χ2n) is 12.4. The first-order chi connectivity index (χ1) is 24.5. The minimum Gasteiger partial charge on any atom is -0.483 e. The Labute approximate surface area is 307 Å². The van der Waals surface area contributed by atoms with Gasteiger partial charge in [-0.05, 0) is 56.7 Å². The number of fused-ring (bicyclic) bond motifs is 1. The molecule has 276 valence electrons. The van der Waals surface area contributed by atoms with E-state index in [1.807, 2.05) is 42.7 Å². The maximum Gasteiger partial charge on any atom is 0.461 e. The molecule has 0 saturated carbocycles. The summed E-state index contributed by atoms with van der Waals surface area (Å²) in [4.78, 5) is 30.0. The highest BCUT2D eigenvalue weighted by atomic mass is 32.2. The van der Waals surface area contributed by atoms with Crippen LogP contribution in [-0.2, 0) is 33.5 Å². The van der Waals surface area contributed by atoms with Crippen LogP contribution in [0.25, 0.3) is 0 Å². The van der Waals surface area contributed by atoms with Crippen molar-refractivity contribution in [2.24, 2.45) is 5.41 Å². The number of anilines is 2. The van der Waals surface area contributed by atoms with E-state index in [2.05, 4.69) is 29.4 Å². The molecule has 2 N–H and O–H groups in total. The molecule has 0 fully saturated rings. The number of carbonyl (C=O) groups is 2. The summed E-state index contributed by atoms with van der Waals surface area (Å²) >= 11 is 1.38. The SMILES string of the molecule is CCCCC1(CC)CN(c2ccccc2)c2cc(SC)c(OCC(=O)N[C@@H](C(=O)NC(OCC)(OCC)[PH+]=O)c3ccccc3)cc2S(=O)(=O)C1. The van der Waals surface area contributed by atoms with E-state index in [0.717, 1.165) is 24.9 Å². The molecule has 11 nitrogen and oxygen atoms in total. The molecule has 0 aliphatic carbocycles. The molecule has 0 saturated heterocycles. The molecule has 0 bridgehead atoms. The van der Waals surface area contributed by atoms with Crippen LogP contribution in [0.5, 0.6) is 5.75 Å². The molecule has 1 heterocycles. The van der Waals surface area contributed by atoms with Gasteiger partial charge >= 0.3 is 14.1 Å². The summed E-state index contributed by atoms with van der Waals surface area (Å²) in [5.41, 5.74) is -0.420. The fourth-order valence-corrected chi connectivity index (χ4v) is 9.58. The van der Waals surface area contributed by atoms with E-state index in [1.54, 1.807) is 44.2 Å². The lowest BCUT2D eigenvalue weighted by atomic mass is 9.81. The van der Waals surface area contributed by atoms with Crippen LogP contribution in [0.4, 0.5) is 11.4 Å². The average molecular weight is 759 g/mol. The zero-order valence-corrected chi connectivity index (χ0v) is 32.5. The first kappa shape index (κ1) is 40.3.